The number of thioether (sulfide) groups is 1. The SMILES string of the molecule is COc1cccc(-n2c(CN)nnc2SC[C@@H]2CCCO2)c1. The van der Waals surface area contributed by atoms with Crippen LogP contribution in [0, 0.1) is 0 Å². The number of hydrogen-bond donors (Lipinski definition) is 1. The van der Waals surface area contributed by atoms with E-state index < -0.39 is 0 Å². The summed E-state index contributed by atoms with van der Waals surface area (Å²) in [7, 11) is 1.65. The molecule has 118 valence electrons. The van der Waals surface area contributed by atoms with Crippen molar-refractivity contribution in [2.24, 2.45) is 5.73 Å². The predicted molar refractivity (Wildman–Crippen MR) is 85.5 cm³/mol. The van der Waals surface area contributed by atoms with Crippen LogP contribution < -0.4 is 10.5 Å². The molecule has 2 aromatic rings. The molecule has 0 unspecified atom stereocenters. The zero-order valence-electron chi connectivity index (χ0n) is 12.6. The number of aromatic nitrogens is 3. The van der Waals surface area contributed by atoms with E-state index in [1.807, 2.05) is 28.8 Å². The molecule has 0 saturated carbocycles. The molecular weight excluding hydrogens is 300 g/mol. The average molecular weight is 320 g/mol. The summed E-state index contributed by atoms with van der Waals surface area (Å²) in [6.07, 6.45) is 2.56. The van der Waals surface area contributed by atoms with Gasteiger partial charge in [-0.25, -0.2) is 0 Å². The van der Waals surface area contributed by atoms with Crippen molar-refractivity contribution in [2.45, 2.75) is 30.6 Å². The van der Waals surface area contributed by atoms with Crippen LogP contribution in [0.15, 0.2) is 29.4 Å². The quantitative estimate of drug-likeness (QED) is 0.821. The Morgan fingerprint density at radius 2 is 2.36 bits per heavy atom. The van der Waals surface area contributed by atoms with Crippen molar-refractivity contribution in [1.29, 1.82) is 0 Å². The third kappa shape index (κ3) is 3.26. The van der Waals surface area contributed by atoms with Crippen molar-refractivity contribution in [2.75, 3.05) is 19.5 Å². The van der Waals surface area contributed by atoms with Crippen molar-refractivity contribution < 1.29 is 9.47 Å². The number of rotatable bonds is 6. The molecule has 0 aliphatic carbocycles. The molecule has 2 N–H and O–H groups in total. The molecule has 2 heterocycles. The fraction of sp³-hybridized carbons (Fsp3) is 0.467. The van der Waals surface area contributed by atoms with Crippen molar-refractivity contribution >= 4 is 11.8 Å². The van der Waals surface area contributed by atoms with Gasteiger partial charge in [0.15, 0.2) is 11.0 Å². The third-order valence-electron chi connectivity index (χ3n) is 3.62. The third-order valence-corrected chi connectivity index (χ3v) is 4.68. The van der Waals surface area contributed by atoms with Crippen LogP contribution >= 0.6 is 11.8 Å². The van der Waals surface area contributed by atoms with Crippen LogP contribution in [0.5, 0.6) is 5.75 Å². The minimum absolute atomic E-state index is 0.307. The van der Waals surface area contributed by atoms with E-state index in [1.54, 1.807) is 18.9 Å². The highest BCUT2D eigenvalue weighted by Gasteiger charge is 2.19. The lowest BCUT2D eigenvalue weighted by Gasteiger charge is -2.12. The molecule has 1 aliphatic rings. The van der Waals surface area contributed by atoms with Gasteiger partial charge >= 0.3 is 0 Å². The topological polar surface area (TPSA) is 75.2 Å². The lowest BCUT2D eigenvalue weighted by atomic mass is 10.3. The molecule has 1 aliphatic heterocycles. The number of benzene rings is 1. The van der Waals surface area contributed by atoms with E-state index in [0.29, 0.717) is 12.6 Å². The van der Waals surface area contributed by atoms with Crippen LogP contribution in [0.3, 0.4) is 0 Å². The van der Waals surface area contributed by atoms with Crippen molar-refractivity contribution in [3.8, 4) is 11.4 Å². The molecule has 22 heavy (non-hydrogen) atoms. The first-order valence-corrected chi connectivity index (χ1v) is 8.33. The Morgan fingerprint density at radius 1 is 1.45 bits per heavy atom. The minimum Gasteiger partial charge on any atom is -0.497 e. The van der Waals surface area contributed by atoms with E-state index in [0.717, 1.165) is 47.6 Å². The molecule has 1 atom stereocenters. The van der Waals surface area contributed by atoms with Gasteiger partial charge in [0, 0.05) is 18.4 Å². The number of methoxy groups -OCH3 is 1. The summed E-state index contributed by atoms with van der Waals surface area (Å²) in [5.74, 6) is 2.42. The van der Waals surface area contributed by atoms with Gasteiger partial charge in [-0.1, -0.05) is 17.8 Å². The smallest absolute Gasteiger partial charge is 0.195 e. The molecule has 0 bridgehead atoms. The van der Waals surface area contributed by atoms with Gasteiger partial charge < -0.3 is 15.2 Å². The number of hydrogen-bond acceptors (Lipinski definition) is 6. The van der Waals surface area contributed by atoms with E-state index in [9.17, 15) is 0 Å². The first-order valence-electron chi connectivity index (χ1n) is 7.35. The molecule has 6 nitrogen and oxygen atoms in total. The Bertz CT molecular complexity index is 626. The molecule has 0 amide bonds. The monoisotopic (exact) mass is 320 g/mol. The summed E-state index contributed by atoms with van der Waals surface area (Å²) in [5, 5.41) is 9.31. The van der Waals surface area contributed by atoms with Crippen LogP contribution in [0.1, 0.15) is 18.7 Å². The summed E-state index contributed by atoms with van der Waals surface area (Å²) in [6, 6.07) is 7.82. The maximum absolute atomic E-state index is 5.80. The zero-order valence-corrected chi connectivity index (χ0v) is 13.4. The van der Waals surface area contributed by atoms with Crippen LogP contribution in [0.4, 0.5) is 0 Å². The van der Waals surface area contributed by atoms with Crippen LogP contribution in [-0.4, -0.2) is 40.3 Å². The van der Waals surface area contributed by atoms with E-state index in [-0.39, 0.29) is 0 Å². The largest absolute Gasteiger partial charge is 0.497 e. The molecule has 1 fully saturated rings. The predicted octanol–water partition coefficient (Wildman–Crippen LogP) is 2.01. The highest BCUT2D eigenvalue weighted by molar-refractivity contribution is 7.99. The molecule has 1 aromatic heterocycles. The maximum Gasteiger partial charge on any atom is 0.195 e. The van der Waals surface area contributed by atoms with Crippen LogP contribution in [-0.2, 0) is 11.3 Å². The molecule has 3 rings (SSSR count). The number of ether oxygens (including phenoxy) is 2. The summed E-state index contributed by atoms with van der Waals surface area (Å²) < 4.78 is 13.0. The van der Waals surface area contributed by atoms with Crippen molar-refractivity contribution in [3.63, 3.8) is 0 Å². The second kappa shape index (κ2) is 7.13. The van der Waals surface area contributed by atoms with Gasteiger partial charge in [0.25, 0.3) is 0 Å². The first-order chi connectivity index (χ1) is 10.8. The van der Waals surface area contributed by atoms with E-state index in [4.69, 9.17) is 15.2 Å². The first kappa shape index (κ1) is 15.3. The van der Waals surface area contributed by atoms with Crippen molar-refractivity contribution in [3.05, 3.63) is 30.1 Å². The Morgan fingerprint density at radius 3 is 3.09 bits per heavy atom. The second-order valence-corrected chi connectivity index (χ2v) is 6.07. The molecule has 1 aromatic carbocycles. The second-order valence-electron chi connectivity index (χ2n) is 5.09. The Kier molecular flexibility index (Phi) is 4.97. The van der Waals surface area contributed by atoms with Gasteiger partial charge in [0.2, 0.25) is 0 Å². The van der Waals surface area contributed by atoms with Crippen LogP contribution in [0.25, 0.3) is 5.69 Å². The van der Waals surface area contributed by atoms with Gasteiger partial charge in [0.1, 0.15) is 5.75 Å². The van der Waals surface area contributed by atoms with E-state index >= 15 is 0 Å². The number of nitrogens with two attached hydrogens (primary N) is 1. The summed E-state index contributed by atoms with van der Waals surface area (Å²) in [5.41, 5.74) is 6.76. The van der Waals surface area contributed by atoms with Gasteiger partial charge in [-0.15, -0.1) is 10.2 Å². The van der Waals surface area contributed by atoms with Gasteiger partial charge in [-0.05, 0) is 25.0 Å². The lowest BCUT2D eigenvalue weighted by Crippen LogP contribution is -2.10. The molecule has 0 radical (unpaired) electrons. The Labute approximate surface area is 134 Å². The fourth-order valence-electron chi connectivity index (χ4n) is 2.48. The van der Waals surface area contributed by atoms with Gasteiger partial charge in [0.05, 0.1) is 25.4 Å². The summed E-state index contributed by atoms with van der Waals surface area (Å²) >= 11 is 1.66. The average Bonchev–Trinajstić information content (AvgIpc) is 3.22. The van der Waals surface area contributed by atoms with Gasteiger partial charge in [-0.2, -0.15) is 0 Å². The summed E-state index contributed by atoms with van der Waals surface area (Å²) in [4.78, 5) is 0. The van der Waals surface area contributed by atoms with Gasteiger partial charge in [-0.3, -0.25) is 4.57 Å². The van der Waals surface area contributed by atoms with Crippen molar-refractivity contribution in [1.82, 2.24) is 14.8 Å². The highest BCUT2D eigenvalue weighted by Crippen LogP contribution is 2.27. The Hall–Kier alpha value is -1.57. The highest BCUT2D eigenvalue weighted by atomic mass is 32.2. The van der Waals surface area contributed by atoms with E-state index in [2.05, 4.69) is 10.2 Å². The maximum atomic E-state index is 5.80. The molecule has 7 heteroatoms. The molecular formula is C15H20N4O2S. The fourth-order valence-corrected chi connectivity index (χ4v) is 3.51. The lowest BCUT2D eigenvalue weighted by molar-refractivity contribution is 0.129. The summed E-state index contributed by atoms with van der Waals surface area (Å²) in [6.45, 7) is 1.20. The van der Waals surface area contributed by atoms with E-state index in [1.165, 1.54) is 0 Å². The van der Waals surface area contributed by atoms with Crippen LogP contribution in [0.2, 0.25) is 0 Å². The molecule has 0 spiro atoms. The standard InChI is InChI=1S/C15H20N4O2S/c1-20-12-5-2-4-11(8-12)19-14(9-16)17-18-15(19)22-10-13-6-3-7-21-13/h2,4-5,8,13H,3,6-7,9-10,16H2,1H3/t13-/m0/s1. The zero-order chi connectivity index (χ0) is 15.4. The Balaban J connectivity index is 1.85. The normalized spacial score (nSPS) is 17.8. The minimum atomic E-state index is 0.307. The molecule has 1 saturated heterocycles. The number of nitrogens with zero attached hydrogens (tertiary/aromatic N) is 3.